The van der Waals surface area contributed by atoms with Gasteiger partial charge in [0.05, 0.1) is 17.8 Å². The summed E-state index contributed by atoms with van der Waals surface area (Å²) in [6, 6.07) is 14.9. The number of nitrogens with zero attached hydrogens (tertiary/aromatic N) is 2. The number of ether oxygens (including phenoxy) is 1. The number of hydrazone groups is 1. The molecule has 0 aliphatic heterocycles. The number of hydrogen-bond acceptors (Lipinski definition) is 4. The van der Waals surface area contributed by atoms with Crippen molar-refractivity contribution < 1.29 is 9.53 Å². The van der Waals surface area contributed by atoms with Gasteiger partial charge in [-0.25, -0.2) is 5.43 Å². The Morgan fingerprint density at radius 3 is 2.64 bits per heavy atom. The van der Waals surface area contributed by atoms with E-state index < -0.39 is 0 Å². The molecule has 1 amide bonds. The lowest BCUT2D eigenvalue weighted by Gasteiger charge is -2.14. The average Bonchev–Trinajstić information content (AvgIpc) is 2.60. The molecule has 2 aromatic carbocycles. The summed E-state index contributed by atoms with van der Waals surface area (Å²) in [5.74, 6) is 0.704. The van der Waals surface area contributed by atoms with Crippen LogP contribution in [0.5, 0.6) is 5.75 Å². The average molecular weight is 335 g/mol. The van der Waals surface area contributed by atoms with Crippen molar-refractivity contribution in [3.63, 3.8) is 0 Å². The molecule has 0 aliphatic carbocycles. The van der Waals surface area contributed by atoms with Crippen LogP contribution in [0.4, 0.5) is 0 Å². The number of carbonyl (C=O) groups is 1. The molecule has 128 valence electrons. The van der Waals surface area contributed by atoms with E-state index in [0.29, 0.717) is 11.5 Å². The highest BCUT2D eigenvalue weighted by atomic mass is 16.5. The highest BCUT2D eigenvalue weighted by molar-refractivity contribution is 5.83. The van der Waals surface area contributed by atoms with Gasteiger partial charge in [0.1, 0.15) is 5.75 Å². The largest absolute Gasteiger partial charge is 0.483 e. The first kappa shape index (κ1) is 18.2. The smallest absolute Gasteiger partial charge is 0.277 e. The monoisotopic (exact) mass is 335 g/mol. The number of aryl methyl sites for hydroxylation is 1. The van der Waals surface area contributed by atoms with Crippen molar-refractivity contribution in [2.75, 3.05) is 6.61 Å². The minimum absolute atomic E-state index is 0.103. The maximum Gasteiger partial charge on any atom is 0.277 e. The van der Waals surface area contributed by atoms with Crippen LogP contribution in [0.1, 0.15) is 42.0 Å². The molecule has 0 atom stereocenters. The Labute approximate surface area is 147 Å². The van der Waals surface area contributed by atoms with Crippen LogP contribution in [0.25, 0.3) is 0 Å². The van der Waals surface area contributed by atoms with Gasteiger partial charge in [0, 0.05) is 0 Å². The second-order valence-corrected chi connectivity index (χ2v) is 6.01. The summed E-state index contributed by atoms with van der Waals surface area (Å²) in [5.41, 5.74) is 5.95. The molecule has 0 saturated carbocycles. The van der Waals surface area contributed by atoms with Crippen molar-refractivity contribution >= 4 is 12.1 Å². The Morgan fingerprint density at radius 2 is 2.00 bits per heavy atom. The minimum atomic E-state index is -0.332. The first-order valence-electron chi connectivity index (χ1n) is 8.05. The van der Waals surface area contributed by atoms with Crippen LogP contribution < -0.4 is 10.2 Å². The van der Waals surface area contributed by atoms with E-state index in [1.54, 1.807) is 24.3 Å². The van der Waals surface area contributed by atoms with Crippen LogP contribution in [-0.4, -0.2) is 18.7 Å². The molecule has 0 bridgehead atoms. The van der Waals surface area contributed by atoms with E-state index in [-0.39, 0.29) is 12.5 Å². The summed E-state index contributed by atoms with van der Waals surface area (Å²) in [4.78, 5) is 11.9. The summed E-state index contributed by atoms with van der Waals surface area (Å²) in [6.07, 6.45) is 1.52. The number of nitriles is 1. The molecule has 0 heterocycles. The van der Waals surface area contributed by atoms with Crippen LogP contribution >= 0.6 is 0 Å². The zero-order valence-corrected chi connectivity index (χ0v) is 14.6. The molecule has 5 heteroatoms. The fraction of sp³-hybridized carbons (Fsp3) is 0.250. The highest BCUT2D eigenvalue weighted by Crippen LogP contribution is 2.27. The molecule has 0 spiro atoms. The maximum absolute atomic E-state index is 11.9. The molecule has 1 N–H and O–H groups in total. The van der Waals surface area contributed by atoms with Gasteiger partial charge in [0.2, 0.25) is 0 Å². The predicted octanol–water partition coefficient (Wildman–Crippen LogP) is 3.52. The Bertz CT molecular complexity index is 803. The van der Waals surface area contributed by atoms with Crippen LogP contribution in [0.15, 0.2) is 47.6 Å². The number of hydrogen-bond donors (Lipinski definition) is 1. The summed E-state index contributed by atoms with van der Waals surface area (Å²) in [5, 5.41) is 12.6. The first-order chi connectivity index (χ1) is 12.0. The lowest BCUT2D eigenvalue weighted by Crippen LogP contribution is -2.25. The van der Waals surface area contributed by atoms with Crippen LogP contribution in [-0.2, 0) is 4.79 Å². The predicted molar refractivity (Wildman–Crippen MR) is 97.7 cm³/mol. The van der Waals surface area contributed by atoms with Crippen molar-refractivity contribution in [1.29, 1.82) is 5.26 Å². The van der Waals surface area contributed by atoms with E-state index >= 15 is 0 Å². The Balaban J connectivity index is 1.89. The molecule has 0 fully saturated rings. The highest BCUT2D eigenvalue weighted by Gasteiger charge is 2.09. The number of carbonyl (C=O) groups excluding carboxylic acids is 1. The summed E-state index contributed by atoms with van der Waals surface area (Å²) < 4.78 is 5.65. The zero-order valence-electron chi connectivity index (χ0n) is 14.6. The van der Waals surface area contributed by atoms with Gasteiger partial charge in [-0.3, -0.25) is 4.79 Å². The van der Waals surface area contributed by atoms with Crippen molar-refractivity contribution in [3.8, 4) is 11.8 Å². The lowest BCUT2D eigenvalue weighted by atomic mass is 10.0. The summed E-state index contributed by atoms with van der Waals surface area (Å²) in [6.45, 7) is 6.05. The molecule has 25 heavy (non-hydrogen) atoms. The number of rotatable bonds is 6. The fourth-order valence-electron chi connectivity index (χ4n) is 2.24. The molecule has 0 aromatic heterocycles. The second kappa shape index (κ2) is 8.65. The van der Waals surface area contributed by atoms with E-state index in [9.17, 15) is 4.79 Å². The molecular formula is C20H21N3O2. The van der Waals surface area contributed by atoms with E-state index in [1.165, 1.54) is 6.21 Å². The van der Waals surface area contributed by atoms with Gasteiger partial charge in [-0.05, 0) is 47.7 Å². The molecule has 0 unspecified atom stereocenters. The molecule has 0 aliphatic rings. The van der Waals surface area contributed by atoms with Crippen molar-refractivity contribution in [2.24, 2.45) is 5.10 Å². The molecule has 2 aromatic rings. The zero-order chi connectivity index (χ0) is 18.2. The quantitative estimate of drug-likeness (QED) is 0.648. The maximum atomic E-state index is 11.9. The van der Waals surface area contributed by atoms with Crippen molar-refractivity contribution in [3.05, 3.63) is 64.7 Å². The Morgan fingerprint density at radius 1 is 1.28 bits per heavy atom. The summed E-state index contributed by atoms with van der Waals surface area (Å²) in [7, 11) is 0. The van der Waals surface area contributed by atoms with E-state index in [4.69, 9.17) is 10.00 Å². The minimum Gasteiger partial charge on any atom is -0.483 e. The molecule has 2 rings (SSSR count). The normalized spacial score (nSPS) is 10.7. The topological polar surface area (TPSA) is 74.5 Å². The standard InChI is InChI=1S/C20H21N3O2/c1-14(2)18-9-4-15(3)10-19(18)25-13-20(24)23-22-12-17-7-5-16(11-21)6-8-17/h4-10,12,14H,13H2,1-3H3,(H,23,24)/b22-12+. The van der Waals surface area contributed by atoms with E-state index in [2.05, 4.69) is 24.4 Å². The van der Waals surface area contributed by atoms with Gasteiger partial charge in [0.15, 0.2) is 6.61 Å². The number of benzene rings is 2. The lowest BCUT2D eigenvalue weighted by molar-refractivity contribution is -0.123. The Kier molecular flexibility index (Phi) is 6.30. The SMILES string of the molecule is Cc1ccc(C(C)C)c(OCC(=O)N/N=C/c2ccc(C#N)cc2)c1. The molecule has 0 radical (unpaired) electrons. The van der Waals surface area contributed by atoms with Gasteiger partial charge in [-0.1, -0.05) is 38.1 Å². The van der Waals surface area contributed by atoms with Crippen molar-refractivity contribution in [1.82, 2.24) is 5.43 Å². The van der Waals surface area contributed by atoms with Crippen LogP contribution in [0.2, 0.25) is 0 Å². The Hall–Kier alpha value is -3.13. The first-order valence-corrected chi connectivity index (χ1v) is 8.05. The van der Waals surface area contributed by atoms with Gasteiger partial charge < -0.3 is 4.74 Å². The van der Waals surface area contributed by atoms with Crippen LogP contribution in [0, 0.1) is 18.3 Å². The van der Waals surface area contributed by atoms with Gasteiger partial charge >= 0.3 is 0 Å². The molecule has 5 nitrogen and oxygen atoms in total. The van der Waals surface area contributed by atoms with Gasteiger partial charge in [-0.15, -0.1) is 0 Å². The number of nitrogens with one attached hydrogen (secondary N) is 1. The summed E-state index contributed by atoms with van der Waals surface area (Å²) >= 11 is 0. The fourth-order valence-corrected chi connectivity index (χ4v) is 2.24. The van der Waals surface area contributed by atoms with Gasteiger partial charge in [-0.2, -0.15) is 10.4 Å². The third kappa shape index (κ3) is 5.47. The van der Waals surface area contributed by atoms with E-state index in [1.807, 2.05) is 31.2 Å². The second-order valence-electron chi connectivity index (χ2n) is 6.01. The molecule has 0 saturated heterocycles. The van der Waals surface area contributed by atoms with Gasteiger partial charge in [0.25, 0.3) is 5.91 Å². The third-order valence-corrected chi connectivity index (χ3v) is 3.59. The number of amides is 1. The van der Waals surface area contributed by atoms with E-state index in [0.717, 1.165) is 22.4 Å². The van der Waals surface area contributed by atoms with Crippen LogP contribution in [0.3, 0.4) is 0 Å². The third-order valence-electron chi connectivity index (χ3n) is 3.59. The molecular weight excluding hydrogens is 314 g/mol. The van der Waals surface area contributed by atoms with Crippen molar-refractivity contribution in [2.45, 2.75) is 26.7 Å².